The van der Waals surface area contributed by atoms with E-state index in [0.29, 0.717) is 6.42 Å². The zero-order valence-electron chi connectivity index (χ0n) is 8.01. The highest BCUT2D eigenvalue weighted by Gasteiger charge is 2.50. The van der Waals surface area contributed by atoms with Crippen molar-refractivity contribution in [3.05, 3.63) is 0 Å². The Morgan fingerprint density at radius 2 is 2.50 bits per heavy atom. The molecule has 0 unspecified atom stereocenters. The fraction of sp³-hybridized carbons (Fsp3) is 0.778. The van der Waals surface area contributed by atoms with E-state index in [0.717, 1.165) is 12.1 Å². The van der Waals surface area contributed by atoms with Crippen LogP contribution >= 0.6 is 0 Å². The van der Waals surface area contributed by atoms with Crippen LogP contribution < -0.4 is 5.73 Å². The summed E-state index contributed by atoms with van der Waals surface area (Å²) in [5.74, 6) is -1.19. The summed E-state index contributed by atoms with van der Waals surface area (Å²) in [6, 6.07) is -0.426. The number of hydrogen-bond donors (Lipinski definition) is 2. The van der Waals surface area contributed by atoms with Gasteiger partial charge in [0.1, 0.15) is 0 Å². The van der Waals surface area contributed by atoms with Gasteiger partial charge in [-0.15, -0.1) is 0 Å². The summed E-state index contributed by atoms with van der Waals surface area (Å²) in [6.07, 6.45) is 1.15. The van der Waals surface area contributed by atoms with Crippen molar-refractivity contribution in [2.24, 2.45) is 22.7 Å². The van der Waals surface area contributed by atoms with Crippen molar-refractivity contribution in [3.8, 4) is 0 Å². The molecule has 0 amide bonds. The van der Waals surface area contributed by atoms with Crippen molar-refractivity contribution in [1.29, 1.82) is 0 Å². The van der Waals surface area contributed by atoms with E-state index in [1.807, 2.05) is 6.92 Å². The van der Waals surface area contributed by atoms with Crippen LogP contribution in [-0.4, -0.2) is 28.9 Å². The van der Waals surface area contributed by atoms with Crippen molar-refractivity contribution < 1.29 is 14.7 Å². The van der Waals surface area contributed by atoms with Crippen LogP contribution in [0, 0.1) is 11.8 Å². The number of oxime groups is 1. The van der Waals surface area contributed by atoms with Crippen molar-refractivity contribution >= 4 is 11.7 Å². The first kappa shape index (κ1) is 9.45. The summed E-state index contributed by atoms with van der Waals surface area (Å²) < 4.78 is 0. The van der Waals surface area contributed by atoms with E-state index in [2.05, 4.69) is 5.16 Å². The molecule has 5 nitrogen and oxygen atoms in total. The van der Waals surface area contributed by atoms with Crippen molar-refractivity contribution in [1.82, 2.24) is 0 Å². The highest BCUT2D eigenvalue weighted by Crippen LogP contribution is 2.38. The number of rotatable bonds is 2. The number of carboxylic acid groups (broad SMARTS) is 1. The van der Waals surface area contributed by atoms with Crippen molar-refractivity contribution in [2.45, 2.75) is 31.9 Å². The molecule has 4 atom stereocenters. The average Bonchev–Trinajstić information content (AvgIpc) is 2.66. The van der Waals surface area contributed by atoms with Gasteiger partial charge in [0.2, 0.25) is 0 Å². The molecule has 0 aromatic carbocycles. The molecule has 0 spiro atoms. The summed E-state index contributed by atoms with van der Waals surface area (Å²) >= 11 is 0. The quantitative estimate of drug-likeness (QED) is 0.663. The minimum absolute atomic E-state index is 0.121. The lowest BCUT2D eigenvalue weighted by Gasteiger charge is -2.14. The van der Waals surface area contributed by atoms with E-state index in [1.54, 1.807) is 0 Å². The first-order valence-corrected chi connectivity index (χ1v) is 4.86. The summed E-state index contributed by atoms with van der Waals surface area (Å²) in [5, 5.41) is 12.8. The minimum Gasteiger partial charge on any atom is -0.481 e. The Bertz CT molecular complexity index is 290. The number of hydrogen-bond acceptors (Lipinski definition) is 4. The largest absolute Gasteiger partial charge is 0.481 e. The van der Waals surface area contributed by atoms with Gasteiger partial charge in [-0.05, 0) is 12.8 Å². The van der Waals surface area contributed by atoms with E-state index >= 15 is 0 Å². The molecule has 1 aliphatic carbocycles. The van der Waals surface area contributed by atoms with Crippen LogP contribution in [-0.2, 0) is 9.63 Å². The first-order chi connectivity index (χ1) is 6.65. The van der Waals surface area contributed by atoms with Gasteiger partial charge < -0.3 is 15.7 Å². The molecule has 0 radical (unpaired) electrons. The van der Waals surface area contributed by atoms with Crippen LogP contribution in [0.3, 0.4) is 0 Å². The molecule has 78 valence electrons. The molecule has 3 N–H and O–H groups in total. The van der Waals surface area contributed by atoms with Gasteiger partial charge in [-0.25, -0.2) is 0 Å². The second kappa shape index (κ2) is 3.24. The van der Waals surface area contributed by atoms with Crippen molar-refractivity contribution in [2.75, 3.05) is 0 Å². The number of aliphatic carboxylic acids is 1. The Labute approximate surface area is 81.9 Å². The lowest BCUT2D eigenvalue weighted by atomic mass is 9.97. The number of carboxylic acids is 1. The smallest absolute Gasteiger partial charge is 0.308 e. The topological polar surface area (TPSA) is 84.9 Å². The summed E-state index contributed by atoms with van der Waals surface area (Å²) in [7, 11) is 0. The predicted molar refractivity (Wildman–Crippen MR) is 49.8 cm³/mol. The average molecular weight is 198 g/mol. The van der Waals surface area contributed by atoms with E-state index in [4.69, 9.17) is 15.7 Å². The van der Waals surface area contributed by atoms with Crippen molar-refractivity contribution in [3.63, 3.8) is 0 Å². The van der Waals surface area contributed by atoms with Gasteiger partial charge >= 0.3 is 5.97 Å². The monoisotopic (exact) mass is 198 g/mol. The molecule has 14 heavy (non-hydrogen) atoms. The van der Waals surface area contributed by atoms with Gasteiger partial charge in [-0.3, -0.25) is 4.79 Å². The maximum Gasteiger partial charge on any atom is 0.308 e. The summed E-state index contributed by atoms with van der Waals surface area (Å²) in [6.45, 7) is 1.99. The molecule has 2 rings (SSSR count). The summed E-state index contributed by atoms with van der Waals surface area (Å²) in [4.78, 5) is 16.0. The van der Waals surface area contributed by atoms with Gasteiger partial charge in [-0.2, -0.15) is 0 Å². The molecule has 2 aliphatic rings. The normalized spacial score (nSPS) is 40.3. The zero-order valence-corrected chi connectivity index (χ0v) is 8.01. The van der Waals surface area contributed by atoms with E-state index < -0.39 is 17.9 Å². The van der Waals surface area contributed by atoms with Crippen LogP contribution in [0.5, 0.6) is 0 Å². The van der Waals surface area contributed by atoms with Crippen LogP contribution in [0.2, 0.25) is 0 Å². The number of nitrogens with zero attached hydrogens (tertiary/aromatic N) is 1. The molecular weight excluding hydrogens is 184 g/mol. The number of fused-ring (bicyclic) bond motifs is 1. The molecule has 1 fully saturated rings. The molecule has 0 aromatic heterocycles. The number of carbonyl (C=O) groups is 1. The molecule has 0 saturated heterocycles. The predicted octanol–water partition coefficient (Wildman–Crippen LogP) is 0.199. The lowest BCUT2D eigenvalue weighted by Crippen LogP contribution is -2.39. The second-order valence-corrected chi connectivity index (χ2v) is 3.87. The number of nitrogens with two attached hydrogens (primary N) is 1. The van der Waals surface area contributed by atoms with E-state index in [-0.39, 0.29) is 12.0 Å². The Morgan fingerprint density at radius 1 is 1.79 bits per heavy atom. The Hall–Kier alpha value is -1.10. The van der Waals surface area contributed by atoms with Crippen LogP contribution in [0.25, 0.3) is 0 Å². The third-order valence-corrected chi connectivity index (χ3v) is 3.15. The van der Waals surface area contributed by atoms with E-state index in [9.17, 15) is 4.79 Å². The Kier molecular flexibility index (Phi) is 2.19. The minimum atomic E-state index is -0.828. The standard InChI is InChI=1S/C9H14N2O3/c1-2-6-4-3-5(9(12)13)7(10)8(4)14-11-6/h4-5,7-8H,2-3,10H2,1H3,(H,12,13)/t4-,5+,7+,8+/m1/s1. The van der Waals surface area contributed by atoms with Crippen LogP contribution in [0.15, 0.2) is 5.16 Å². The Morgan fingerprint density at radius 3 is 3.07 bits per heavy atom. The third kappa shape index (κ3) is 1.19. The van der Waals surface area contributed by atoms with Gasteiger partial charge in [0, 0.05) is 5.92 Å². The molecule has 1 saturated carbocycles. The van der Waals surface area contributed by atoms with Crippen LogP contribution in [0.4, 0.5) is 0 Å². The van der Waals surface area contributed by atoms with Gasteiger partial charge in [0.15, 0.2) is 6.10 Å². The van der Waals surface area contributed by atoms with E-state index in [1.165, 1.54) is 0 Å². The second-order valence-electron chi connectivity index (χ2n) is 3.87. The fourth-order valence-electron chi connectivity index (χ4n) is 2.32. The third-order valence-electron chi connectivity index (χ3n) is 3.15. The maximum atomic E-state index is 10.9. The maximum absolute atomic E-state index is 10.9. The van der Waals surface area contributed by atoms with Gasteiger partial charge in [0.25, 0.3) is 0 Å². The lowest BCUT2D eigenvalue weighted by molar-refractivity contribution is -0.142. The SMILES string of the molecule is CCC1=NO[C@@H]2[C@@H](N)[C@@H](C(=O)O)C[C@H]12. The van der Waals surface area contributed by atoms with Gasteiger partial charge in [0.05, 0.1) is 17.7 Å². The highest BCUT2D eigenvalue weighted by molar-refractivity contribution is 5.89. The first-order valence-electron chi connectivity index (χ1n) is 4.86. The van der Waals surface area contributed by atoms with Gasteiger partial charge in [-0.1, -0.05) is 12.1 Å². The molecule has 5 heteroatoms. The highest BCUT2D eigenvalue weighted by atomic mass is 16.6. The molecular formula is C9H14N2O3. The molecule has 0 bridgehead atoms. The molecule has 1 aliphatic heterocycles. The molecule has 1 heterocycles. The summed E-state index contributed by atoms with van der Waals surface area (Å²) in [5.41, 5.74) is 6.76. The molecule has 0 aromatic rings. The fourth-order valence-corrected chi connectivity index (χ4v) is 2.32. The zero-order chi connectivity index (χ0) is 10.3. The Balaban J connectivity index is 2.15. The van der Waals surface area contributed by atoms with Crippen LogP contribution in [0.1, 0.15) is 19.8 Å².